The summed E-state index contributed by atoms with van der Waals surface area (Å²) >= 11 is 0. The Morgan fingerprint density at radius 1 is 1.35 bits per heavy atom. The second kappa shape index (κ2) is 4.73. The first kappa shape index (κ1) is 11.3. The summed E-state index contributed by atoms with van der Waals surface area (Å²) in [5.74, 6) is -0.829. The van der Waals surface area contributed by atoms with Crippen LogP contribution in [0.5, 0.6) is 0 Å². The highest BCUT2D eigenvalue weighted by atomic mass is 16.4. The van der Waals surface area contributed by atoms with Crippen molar-refractivity contribution >= 4 is 5.97 Å². The van der Waals surface area contributed by atoms with Crippen molar-refractivity contribution < 1.29 is 9.90 Å². The average Bonchev–Trinajstić information content (AvgIpc) is 2.77. The molecule has 17 heavy (non-hydrogen) atoms. The van der Waals surface area contributed by atoms with Gasteiger partial charge in [0.05, 0.1) is 5.97 Å². The van der Waals surface area contributed by atoms with Crippen LogP contribution in [0.2, 0.25) is 0 Å². The van der Waals surface area contributed by atoms with E-state index in [4.69, 9.17) is 0 Å². The van der Waals surface area contributed by atoms with Crippen LogP contribution < -0.4 is 5.11 Å². The van der Waals surface area contributed by atoms with E-state index < -0.39 is 5.97 Å². The molecule has 0 saturated carbocycles. The maximum absolute atomic E-state index is 10.4. The Morgan fingerprint density at radius 3 is 2.65 bits per heavy atom. The monoisotopic (exact) mass is 231 g/mol. The van der Waals surface area contributed by atoms with E-state index in [0.717, 1.165) is 16.8 Å². The molecule has 0 unspecified atom stereocenters. The number of aryl methyl sites for hydroxylation is 1. The maximum Gasteiger partial charge on any atom is 0.204 e. The molecule has 0 amide bonds. The fourth-order valence-corrected chi connectivity index (χ4v) is 1.43. The molecular weight excluding hydrogens is 220 g/mol. The summed E-state index contributed by atoms with van der Waals surface area (Å²) in [6, 6.07) is 7.74. The van der Waals surface area contributed by atoms with Crippen LogP contribution in [0.1, 0.15) is 12.5 Å². The Hall–Kier alpha value is -2.24. The summed E-state index contributed by atoms with van der Waals surface area (Å²) < 4.78 is 0. The van der Waals surface area contributed by atoms with Gasteiger partial charge in [-0.2, -0.15) is 4.80 Å². The van der Waals surface area contributed by atoms with Crippen molar-refractivity contribution in [3.8, 4) is 11.4 Å². The van der Waals surface area contributed by atoms with Gasteiger partial charge in [-0.25, -0.2) is 0 Å². The number of benzene rings is 1. The van der Waals surface area contributed by atoms with E-state index in [0.29, 0.717) is 5.82 Å². The summed E-state index contributed by atoms with van der Waals surface area (Å²) in [6.07, 6.45) is 0.963. The molecule has 0 saturated heterocycles. The molecule has 1 aromatic heterocycles. The smallest absolute Gasteiger partial charge is 0.204 e. The number of carbonyl (C=O) groups excluding carboxylic acids is 1. The molecule has 2 rings (SSSR count). The molecule has 2 aromatic rings. The van der Waals surface area contributed by atoms with Crippen LogP contribution in [-0.4, -0.2) is 26.2 Å². The van der Waals surface area contributed by atoms with E-state index in [-0.39, 0.29) is 6.54 Å². The number of aromatic nitrogens is 4. The zero-order valence-electron chi connectivity index (χ0n) is 9.33. The molecule has 6 heteroatoms. The van der Waals surface area contributed by atoms with Crippen LogP contribution in [0.25, 0.3) is 11.4 Å². The molecule has 0 N–H and O–H groups in total. The molecule has 88 valence electrons. The van der Waals surface area contributed by atoms with Crippen molar-refractivity contribution in [2.24, 2.45) is 0 Å². The summed E-state index contributed by atoms with van der Waals surface area (Å²) in [7, 11) is 0. The lowest BCUT2D eigenvalue weighted by Gasteiger charge is -1.99. The molecule has 0 atom stereocenters. The van der Waals surface area contributed by atoms with Gasteiger partial charge in [-0.1, -0.05) is 31.2 Å². The molecule has 1 aromatic carbocycles. The van der Waals surface area contributed by atoms with E-state index in [1.54, 1.807) is 0 Å². The summed E-state index contributed by atoms with van der Waals surface area (Å²) in [5, 5.41) is 21.7. The largest absolute Gasteiger partial charge is 0.548 e. The lowest BCUT2D eigenvalue weighted by atomic mass is 10.1. The molecular formula is C11H11N4O2-. The Balaban J connectivity index is 2.21. The van der Waals surface area contributed by atoms with Crippen LogP contribution in [0.15, 0.2) is 24.3 Å². The number of carbonyl (C=O) groups is 1. The average molecular weight is 231 g/mol. The highest BCUT2D eigenvalue weighted by Crippen LogP contribution is 2.14. The topological polar surface area (TPSA) is 83.7 Å². The predicted molar refractivity (Wildman–Crippen MR) is 57.6 cm³/mol. The standard InChI is InChI=1S/C11H12N4O2/c1-2-8-3-5-9(6-4-8)11-12-14-15(13-11)7-10(16)17/h3-6H,2,7H2,1H3,(H,16,17)/p-1. The van der Waals surface area contributed by atoms with Gasteiger partial charge in [0.25, 0.3) is 0 Å². The van der Waals surface area contributed by atoms with Gasteiger partial charge in [0.1, 0.15) is 6.54 Å². The van der Waals surface area contributed by atoms with Crippen LogP contribution in [0.4, 0.5) is 0 Å². The van der Waals surface area contributed by atoms with Crippen LogP contribution in [0, 0.1) is 0 Å². The predicted octanol–water partition coefficient (Wildman–Crippen LogP) is -0.348. The van der Waals surface area contributed by atoms with Gasteiger partial charge in [-0.05, 0) is 17.2 Å². The van der Waals surface area contributed by atoms with Gasteiger partial charge in [-0.3, -0.25) is 0 Å². The minimum absolute atomic E-state index is 0.389. The quantitative estimate of drug-likeness (QED) is 0.718. The molecule has 0 spiro atoms. The second-order valence-electron chi connectivity index (χ2n) is 3.57. The number of hydrogen-bond donors (Lipinski definition) is 0. The van der Waals surface area contributed by atoms with Crippen molar-refractivity contribution in [2.45, 2.75) is 19.9 Å². The Morgan fingerprint density at radius 2 is 2.06 bits per heavy atom. The van der Waals surface area contributed by atoms with Crippen molar-refractivity contribution in [3.63, 3.8) is 0 Å². The summed E-state index contributed by atoms with van der Waals surface area (Å²) in [4.78, 5) is 11.4. The van der Waals surface area contributed by atoms with E-state index in [1.165, 1.54) is 5.56 Å². The maximum atomic E-state index is 10.4. The molecule has 0 aliphatic carbocycles. The van der Waals surface area contributed by atoms with Gasteiger partial charge >= 0.3 is 0 Å². The van der Waals surface area contributed by atoms with Gasteiger partial charge in [0.2, 0.25) is 5.82 Å². The molecule has 0 bridgehead atoms. The Labute approximate surface area is 97.9 Å². The SMILES string of the molecule is CCc1ccc(-c2nnn(CC(=O)[O-])n2)cc1. The number of hydrogen-bond acceptors (Lipinski definition) is 5. The third-order valence-corrected chi connectivity index (χ3v) is 2.34. The summed E-state index contributed by atoms with van der Waals surface area (Å²) in [5.41, 5.74) is 2.03. The molecule has 6 nitrogen and oxygen atoms in total. The van der Waals surface area contributed by atoms with E-state index >= 15 is 0 Å². The third-order valence-electron chi connectivity index (χ3n) is 2.34. The fraction of sp³-hybridized carbons (Fsp3) is 0.273. The Bertz CT molecular complexity index is 519. The van der Waals surface area contributed by atoms with E-state index in [2.05, 4.69) is 22.3 Å². The highest BCUT2D eigenvalue weighted by Gasteiger charge is 2.05. The summed E-state index contributed by atoms with van der Waals surface area (Å²) in [6.45, 7) is 1.68. The molecule has 0 aliphatic rings. The van der Waals surface area contributed by atoms with Crippen LogP contribution in [0.3, 0.4) is 0 Å². The van der Waals surface area contributed by atoms with Crippen molar-refractivity contribution in [3.05, 3.63) is 29.8 Å². The number of rotatable bonds is 4. The number of aliphatic carboxylic acids is 1. The molecule has 0 fully saturated rings. The lowest BCUT2D eigenvalue weighted by molar-refractivity contribution is -0.307. The molecule has 0 aliphatic heterocycles. The van der Waals surface area contributed by atoms with Crippen molar-refractivity contribution in [2.75, 3.05) is 0 Å². The van der Waals surface area contributed by atoms with Crippen LogP contribution >= 0.6 is 0 Å². The second-order valence-corrected chi connectivity index (χ2v) is 3.57. The van der Waals surface area contributed by atoms with Gasteiger partial charge in [-0.15, -0.1) is 10.2 Å². The normalized spacial score (nSPS) is 10.4. The first-order valence-corrected chi connectivity index (χ1v) is 5.26. The number of nitrogens with zero attached hydrogens (tertiary/aromatic N) is 4. The van der Waals surface area contributed by atoms with Gasteiger partial charge in [0.15, 0.2) is 0 Å². The first-order valence-electron chi connectivity index (χ1n) is 5.26. The molecule has 1 heterocycles. The zero-order chi connectivity index (χ0) is 12.3. The zero-order valence-corrected chi connectivity index (χ0v) is 9.33. The van der Waals surface area contributed by atoms with E-state index in [1.807, 2.05) is 24.3 Å². The first-order chi connectivity index (χ1) is 8.19. The number of carboxylic acids is 1. The van der Waals surface area contributed by atoms with E-state index in [9.17, 15) is 9.90 Å². The molecule has 0 radical (unpaired) electrons. The fourth-order valence-electron chi connectivity index (χ4n) is 1.43. The lowest BCUT2D eigenvalue weighted by Crippen LogP contribution is -2.28. The number of carboxylic acid groups (broad SMARTS) is 1. The Kier molecular flexibility index (Phi) is 3.13. The van der Waals surface area contributed by atoms with Gasteiger partial charge in [0, 0.05) is 5.56 Å². The minimum Gasteiger partial charge on any atom is -0.548 e. The minimum atomic E-state index is -1.24. The van der Waals surface area contributed by atoms with Crippen molar-refractivity contribution in [1.82, 2.24) is 20.2 Å². The van der Waals surface area contributed by atoms with Crippen LogP contribution in [-0.2, 0) is 17.8 Å². The highest BCUT2D eigenvalue weighted by molar-refractivity contribution is 5.63. The van der Waals surface area contributed by atoms with Crippen molar-refractivity contribution in [1.29, 1.82) is 0 Å². The number of tetrazole rings is 1. The van der Waals surface area contributed by atoms with Gasteiger partial charge < -0.3 is 9.90 Å². The third kappa shape index (κ3) is 2.66.